The van der Waals surface area contributed by atoms with Gasteiger partial charge in [-0.3, -0.25) is 14.5 Å². The van der Waals surface area contributed by atoms with Crippen LogP contribution >= 0.6 is 11.6 Å². The van der Waals surface area contributed by atoms with Crippen molar-refractivity contribution in [2.45, 2.75) is 52.1 Å². The van der Waals surface area contributed by atoms with Gasteiger partial charge in [0, 0.05) is 11.6 Å². The fraction of sp³-hybridized carbons (Fsp3) is 0.550. The summed E-state index contributed by atoms with van der Waals surface area (Å²) in [6, 6.07) is 6.68. The van der Waals surface area contributed by atoms with Gasteiger partial charge in [0.05, 0.1) is 0 Å². The minimum atomic E-state index is -0.883. The molecule has 3 rings (SSSR count). The SMILES string of the molecule is C[C@@H]1CC(C)(C)C[C@@]2(C1)NC(=O)N(CC(=O)NCc1cccc(Cl)c1)C2=O. The van der Waals surface area contributed by atoms with Crippen LogP contribution in [-0.4, -0.2) is 34.8 Å². The Labute approximate surface area is 164 Å². The second-order valence-electron chi connectivity index (χ2n) is 8.66. The van der Waals surface area contributed by atoms with E-state index in [4.69, 9.17) is 11.6 Å². The number of carbonyl (C=O) groups excluding carboxylic acids is 3. The number of nitrogens with zero attached hydrogens (tertiary/aromatic N) is 1. The first-order valence-electron chi connectivity index (χ1n) is 9.25. The van der Waals surface area contributed by atoms with E-state index in [0.29, 0.717) is 23.8 Å². The quantitative estimate of drug-likeness (QED) is 0.774. The van der Waals surface area contributed by atoms with Crippen LogP contribution in [0.1, 0.15) is 45.6 Å². The maximum Gasteiger partial charge on any atom is 0.325 e. The van der Waals surface area contributed by atoms with E-state index < -0.39 is 11.6 Å². The van der Waals surface area contributed by atoms with Gasteiger partial charge in [0.15, 0.2) is 0 Å². The number of halogens is 1. The number of benzene rings is 1. The highest BCUT2D eigenvalue weighted by Gasteiger charge is 2.56. The molecule has 4 amide bonds. The van der Waals surface area contributed by atoms with Crippen molar-refractivity contribution >= 4 is 29.4 Å². The lowest BCUT2D eigenvalue weighted by molar-refractivity contribution is -0.137. The summed E-state index contributed by atoms with van der Waals surface area (Å²) >= 11 is 5.93. The van der Waals surface area contributed by atoms with Crippen molar-refractivity contribution in [3.8, 4) is 0 Å². The predicted octanol–water partition coefficient (Wildman–Crippen LogP) is 3.09. The van der Waals surface area contributed by atoms with Crippen LogP contribution in [-0.2, 0) is 16.1 Å². The van der Waals surface area contributed by atoms with Crippen molar-refractivity contribution in [2.75, 3.05) is 6.54 Å². The molecule has 1 heterocycles. The molecule has 0 radical (unpaired) electrons. The van der Waals surface area contributed by atoms with Crippen LogP contribution in [0.5, 0.6) is 0 Å². The van der Waals surface area contributed by atoms with Crippen LogP contribution in [0, 0.1) is 11.3 Å². The van der Waals surface area contributed by atoms with Gasteiger partial charge in [0.2, 0.25) is 5.91 Å². The van der Waals surface area contributed by atoms with Crippen molar-refractivity contribution in [3.05, 3.63) is 34.9 Å². The molecule has 2 aliphatic rings. The molecule has 1 aromatic rings. The fourth-order valence-electron chi connectivity index (χ4n) is 4.70. The number of imide groups is 1. The van der Waals surface area contributed by atoms with E-state index in [1.165, 1.54) is 0 Å². The average Bonchev–Trinajstić information content (AvgIpc) is 2.74. The van der Waals surface area contributed by atoms with Crippen molar-refractivity contribution in [3.63, 3.8) is 0 Å². The molecular weight excluding hydrogens is 366 g/mol. The first-order valence-corrected chi connectivity index (χ1v) is 9.63. The largest absolute Gasteiger partial charge is 0.350 e. The van der Waals surface area contributed by atoms with Gasteiger partial charge >= 0.3 is 6.03 Å². The number of carbonyl (C=O) groups is 3. The van der Waals surface area contributed by atoms with Gasteiger partial charge in [-0.25, -0.2) is 4.79 Å². The van der Waals surface area contributed by atoms with Crippen LogP contribution < -0.4 is 10.6 Å². The smallest absolute Gasteiger partial charge is 0.325 e. The Kier molecular flexibility index (Phi) is 5.21. The molecule has 1 saturated heterocycles. The molecule has 27 heavy (non-hydrogen) atoms. The van der Waals surface area contributed by atoms with Gasteiger partial charge < -0.3 is 10.6 Å². The van der Waals surface area contributed by atoms with Gasteiger partial charge in [0.1, 0.15) is 12.1 Å². The summed E-state index contributed by atoms with van der Waals surface area (Å²) in [6.07, 6.45) is 2.22. The molecule has 7 heteroatoms. The number of nitrogens with one attached hydrogen (secondary N) is 2. The van der Waals surface area contributed by atoms with Gasteiger partial charge in [-0.05, 0) is 48.3 Å². The third kappa shape index (κ3) is 4.26. The number of urea groups is 1. The number of amides is 4. The summed E-state index contributed by atoms with van der Waals surface area (Å²) in [5.74, 6) is -0.335. The lowest BCUT2D eigenvalue weighted by Gasteiger charge is -2.43. The molecule has 0 unspecified atom stereocenters. The first kappa shape index (κ1) is 19.7. The first-order chi connectivity index (χ1) is 12.6. The lowest BCUT2D eigenvalue weighted by atomic mass is 9.64. The highest BCUT2D eigenvalue weighted by atomic mass is 35.5. The Bertz CT molecular complexity index is 779. The van der Waals surface area contributed by atoms with Crippen LogP contribution in [0.25, 0.3) is 0 Å². The third-order valence-electron chi connectivity index (χ3n) is 5.30. The van der Waals surface area contributed by atoms with E-state index in [1.54, 1.807) is 18.2 Å². The molecule has 2 fully saturated rings. The van der Waals surface area contributed by atoms with Crippen LogP contribution in [0.2, 0.25) is 5.02 Å². The number of hydrogen-bond acceptors (Lipinski definition) is 3. The molecule has 0 bridgehead atoms. The highest BCUT2D eigenvalue weighted by Crippen LogP contribution is 2.46. The number of hydrogen-bond donors (Lipinski definition) is 2. The van der Waals surface area contributed by atoms with Gasteiger partial charge in [-0.1, -0.05) is 44.5 Å². The van der Waals surface area contributed by atoms with E-state index in [0.717, 1.165) is 16.9 Å². The third-order valence-corrected chi connectivity index (χ3v) is 5.54. The molecule has 146 valence electrons. The van der Waals surface area contributed by atoms with E-state index in [-0.39, 0.29) is 30.3 Å². The number of rotatable bonds is 4. The summed E-state index contributed by atoms with van der Waals surface area (Å²) in [5, 5.41) is 6.21. The minimum absolute atomic E-state index is 0.0363. The molecule has 1 aromatic carbocycles. The maximum absolute atomic E-state index is 13.0. The lowest BCUT2D eigenvalue weighted by Crippen LogP contribution is -2.54. The molecular formula is C20H26ClN3O3. The Morgan fingerprint density at radius 2 is 2.07 bits per heavy atom. The van der Waals surface area contributed by atoms with Crippen molar-refractivity contribution in [1.29, 1.82) is 0 Å². The molecule has 6 nitrogen and oxygen atoms in total. The second-order valence-corrected chi connectivity index (χ2v) is 9.10. The normalized spacial score (nSPS) is 27.0. The molecule has 1 spiro atoms. The molecule has 2 atom stereocenters. The zero-order chi connectivity index (χ0) is 19.8. The Morgan fingerprint density at radius 3 is 2.74 bits per heavy atom. The zero-order valence-electron chi connectivity index (χ0n) is 16.0. The van der Waals surface area contributed by atoms with E-state index in [9.17, 15) is 14.4 Å². The molecule has 0 aromatic heterocycles. The minimum Gasteiger partial charge on any atom is -0.350 e. The predicted molar refractivity (Wildman–Crippen MR) is 103 cm³/mol. The van der Waals surface area contributed by atoms with Gasteiger partial charge in [-0.15, -0.1) is 0 Å². The summed E-state index contributed by atoms with van der Waals surface area (Å²) in [5.41, 5.74) is -0.0657. The second kappa shape index (κ2) is 7.15. The highest BCUT2D eigenvalue weighted by molar-refractivity contribution is 6.30. The zero-order valence-corrected chi connectivity index (χ0v) is 16.7. The summed E-state index contributed by atoms with van der Waals surface area (Å²) in [7, 11) is 0. The van der Waals surface area contributed by atoms with Gasteiger partial charge in [-0.2, -0.15) is 0 Å². The average molecular weight is 392 g/mol. The van der Waals surface area contributed by atoms with Crippen LogP contribution in [0.15, 0.2) is 24.3 Å². The fourth-order valence-corrected chi connectivity index (χ4v) is 4.91. The molecule has 1 aliphatic heterocycles. The van der Waals surface area contributed by atoms with E-state index >= 15 is 0 Å². The van der Waals surface area contributed by atoms with E-state index in [1.807, 2.05) is 6.07 Å². The topological polar surface area (TPSA) is 78.5 Å². The summed E-state index contributed by atoms with van der Waals surface area (Å²) in [4.78, 5) is 38.8. The Hall–Kier alpha value is -2.08. The Morgan fingerprint density at radius 1 is 1.33 bits per heavy atom. The summed E-state index contributed by atoms with van der Waals surface area (Å²) in [6.45, 7) is 6.34. The van der Waals surface area contributed by atoms with Crippen molar-refractivity contribution in [2.24, 2.45) is 11.3 Å². The Balaban J connectivity index is 1.64. The standard InChI is InChI=1S/C20H26ClN3O3/c1-13-8-19(2,3)12-20(9-13)17(26)24(18(27)23-20)11-16(25)22-10-14-5-4-6-15(21)7-14/h4-7,13H,8-12H2,1-3H3,(H,22,25)(H,23,27)/t13-,20-/m1/s1. The molecule has 1 saturated carbocycles. The van der Waals surface area contributed by atoms with Gasteiger partial charge in [0.25, 0.3) is 5.91 Å². The van der Waals surface area contributed by atoms with Crippen LogP contribution in [0.3, 0.4) is 0 Å². The molecule has 2 N–H and O–H groups in total. The molecule has 1 aliphatic carbocycles. The van der Waals surface area contributed by atoms with Crippen LogP contribution in [0.4, 0.5) is 4.79 Å². The maximum atomic E-state index is 13.0. The van der Waals surface area contributed by atoms with Crippen molar-refractivity contribution in [1.82, 2.24) is 15.5 Å². The summed E-state index contributed by atoms with van der Waals surface area (Å²) < 4.78 is 0. The van der Waals surface area contributed by atoms with E-state index in [2.05, 4.69) is 31.4 Å². The monoisotopic (exact) mass is 391 g/mol. The van der Waals surface area contributed by atoms with Crippen molar-refractivity contribution < 1.29 is 14.4 Å².